The highest BCUT2D eigenvalue weighted by atomic mass is 127. The summed E-state index contributed by atoms with van der Waals surface area (Å²) in [4.78, 5) is 0. The lowest BCUT2D eigenvalue weighted by Gasteiger charge is -2.57. The molecule has 1 N–H and O–H groups in total. The van der Waals surface area contributed by atoms with Crippen molar-refractivity contribution >= 4 is 22.6 Å². The maximum absolute atomic E-state index is 10.0. The quantitative estimate of drug-likeness (QED) is 0.437. The highest BCUT2D eigenvalue weighted by Gasteiger charge is 2.56. The number of hydrogen-bond acceptors (Lipinski definition) is 1. The summed E-state index contributed by atoms with van der Waals surface area (Å²) in [6.07, 6.45) is 13.4. The minimum atomic E-state index is -0.0798. The van der Waals surface area contributed by atoms with E-state index >= 15 is 0 Å². The van der Waals surface area contributed by atoms with Crippen LogP contribution in [0.2, 0.25) is 0 Å². The Balaban J connectivity index is 1.68. The van der Waals surface area contributed by atoms with Gasteiger partial charge in [-0.2, -0.15) is 0 Å². The fourth-order valence-corrected chi connectivity index (χ4v) is 7.08. The van der Waals surface area contributed by atoms with Gasteiger partial charge in [0, 0.05) is 5.41 Å². The van der Waals surface area contributed by atoms with Crippen molar-refractivity contribution in [2.45, 2.75) is 64.9 Å². The molecular weight excluding hydrogens is 371 g/mol. The molecule has 0 aromatic heterocycles. The number of fused-ring (bicyclic) bond motifs is 5. The summed E-state index contributed by atoms with van der Waals surface area (Å²) in [5.41, 5.74) is 2.45. The highest BCUT2D eigenvalue weighted by molar-refractivity contribution is 14.1. The number of aliphatic hydroxyl groups excluding tert-OH is 1. The van der Waals surface area contributed by atoms with Crippen LogP contribution in [0.4, 0.5) is 0 Å². The fourth-order valence-electron chi connectivity index (χ4n) is 6.16. The molecule has 2 fully saturated rings. The number of rotatable bonds is 0. The van der Waals surface area contributed by atoms with Gasteiger partial charge in [-0.1, -0.05) is 31.6 Å². The van der Waals surface area contributed by atoms with E-state index in [0.29, 0.717) is 10.8 Å². The molecule has 116 valence electrons. The van der Waals surface area contributed by atoms with E-state index in [-0.39, 0.29) is 6.10 Å². The number of hydrogen-bond donors (Lipinski definition) is 1. The molecule has 6 atom stereocenters. The summed E-state index contributed by atoms with van der Waals surface area (Å²) in [7, 11) is 0. The van der Waals surface area contributed by atoms with Crippen molar-refractivity contribution in [2.24, 2.45) is 28.6 Å². The minimum absolute atomic E-state index is 0.0798. The maximum Gasteiger partial charge on any atom is 0.0577 e. The van der Waals surface area contributed by atoms with E-state index in [1.807, 2.05) is 0 Å². The van der Waals surface area contributed by atoms with Gasteiger partial charge in [0.2, 0.25) is 0 Å². The number of allylic oxidation sites excluding steroid dienone is 3. The van der Waals surface area contributed by atoms with E-state index in [1.54, 1.807) is 9.15 Å². The Labute approximate surface area is 142 Å². The molecule has 0 amide bonds. The van der Waals surface area contributed by atoms with Crippen LogP contribution >= 0.6 is 22.6 Å². The zero-order chi connectivity index (χ0) is 14.8. The molecule has 0 bridgehead atoms. The van der Waals surface area contributed by atoms with Gasteiger partial charge < -0.3 is 5.11 Å². The molecule has 21 heavy (non-hydrogen) atoms. The molecule has 1 nitrogen and oxygen atoms in total. The molecule has 4 rings (SSSR count). The van der Waals surface area contributed by atoms with Crippen molar-refractivity contribution in [1.82, 2.24) is 0 Å². The van der Waals surface area contributed by atoms with Crippen LogP contribution in [-0.2, 0) is 0 Å². The first-order valence-corrected chi connectivity index (χ1v) is 9.77. The highest BCUT2D eigenvalue weighted by Crippen LogP contribution is 2.65. The molecule has 2 saturated carbocycles. The summed E-state index contributed by atoms with van der Waals surface area (Å²) >= 11 is 2.60. The van der Waals surface area contributed by atoms with Gasteiger partial charge in [0.1, 0.15) is 0 Å². The summed E-state index contributed by atoms with van der Waals surface area (Å²) in [5, 5.41) is 10.0. The number of aliphatic hydroxyl groups is 1. The second-order valence-corrected chi connectivity index (χ2v) is 9.56. The van der Waals surface area contributed by atoms with Crippen LogP contribution in [0.5, 0.6) is 0 Å². The third kappa shape index (κ3) is 1.97. The number of halogens is 1. The van der Waals surface area contributed by atoms with Crippen LogP contribution in [0.15, 0.2) is 21.3 Å². The monoisotopic (exact) mass is 398 g/mol. The lowest BCUT2D eigenvalue weighted by atomic mass is 9.48. The van der Waals surface area contributed by atoms with Gasteiger partial charge in [-0.15, -0.1) is 0 Å². The smallest absolute Gasteiger partial charge is 0.0577 e. The Kier molecular flexibility index (Phi) is 3.39. The second-order valence-electron chi connectivity index (χ2n) is 8.40. The van der Waals surface area contributed by atoms with Crippen molar-refractivity contribution in [3.05, 3.63) is 21.3 Å². The lowest BCUT2D eigenvalue weighted by Crippen LogP contribution is -2.49. The molecule has 0 aromatic rings. The van der Waals surface area contributed by atoms with Crippen LogP contribution in [0.3, 0.4) is 0 Å². The molecule has 4 aliphatic carbocycles. The molecule has 0 radical (unpaired) electrons. The standard InChI is InChI=1S/C19H27IO/c1-18-9-7-13(21)11-12(18)3-4-14-15-5-6-17(20)19(15,2)10-8-16(14)18/h3,6,13-16,21H,4-5,7-11H2,1-2H3/t13-,14-,15-,16-,18-,19-/m0/s1. The molecule has 0 aromatic carbocycles. The molecule has 0 spiro atoms. The Morgan fingerprint density at radius 2 is 1.81 bits per heavy atom. The zero-order valence-electron chi connectivity index (χ0n) is 13.2. The Hall–Kier alpha value is 0.170. The largest absolute Gasteiger partial charge is 0.393 e. The Morgan fingerprint density at radius 1 is 1.05 bits per heavy atom. The third-order valence-corrected chi connectivity index (χ3v) is 9.24. The molecule has 0 unspecified atom stereocenters. The topological polar surface area (TPSA) is 20.2 Å². The van der Waals surface area contributed by atoms with E-state index in [1.165, 1.54) is 32.1 Å². The molecular formula is C19H27IO. The molecule has 2 heteroatoms. The van der Waals surface area contributed by atoms with Gasteiger partial charge >= 0.3 is 0 Å². The first-order valence-electron chi connectivity index (χ1n) is 8.69. The maximum atomic E-state index is 10.0. The van der Waals surface area contributed by atoms with Crippen LogP contribution in [0.1, 0.15) is 58.8 Å². The van der Waals surface area contributed by atoms with Crippen LogP contribution in [-0.4, -0.2) is 11.2 Å². The summed E-state index contributed by atoms with van der Waals surface area (Å²) in [6, 6.07) is 0. The van der Waals surface area contributed by atoms with E-state index in [4.69, 9.17) is 0 Å². The van der Waals surface area contributed by atoms with Gasteiger partial charge in [-0.25, -0.2) is 0 Å². The van der Waals surface area contributed by atoms with Crippen LogP contribution in [0, 0.1) is 28.6 Å². The Bertz CT molecular complexity index is 522. The van der Waals surface area contributed by atoms with E-state index in [0.717, 1.165) is 30.6 Å². The van der Waals surface area contributed by atoms with Crippen molar-refractivity contribution in [1.29, 1.82) is 0 Å². The summed E-state index contributed by atoms with van der Waals surface area (Å²) in [5.74, 6) is 2.60. The van der Waals surface area contributed by atoms with Crippen LogP contribution < -0.4 is 0 Å². The molecule has 4 aliphatic rings. The predicted octanol–water partition coefficient (Wildman–Crippen LogP) is 5.24. The van der Waals surface area contributed by atoms with E-state index < -0.39 is 0 Å². The lowest BCUT2D eigenvalue weighted by molar-refractivity contribution is -0.0268. The van der Waals surface area contributed by atoms with E-state index in [2.05, 4.69) is 48.6 Å². The molecule has 0 saturated heterocycles. The van der Waals surface area contributed by atoms with Crippen molar-refractivity contribution < 1.29 is 5.11 Å². The average Bonchev–Trinajstić information content (AvgIpc) is 2.76. The van der Waals surface area contributed by atoms with Gasteiger partial charge in [0.25, 0.3) is 0 Å². The van der Waals surface area contributed by atoms with Gasteiger partial charge in [-0.05, 0) is 94.3 Å². The van der Waals surface area contributed by atoms with Crippen molar-refractivity contribution in [2.75, 3.05) is 0 Å². The summed E-state index contributed by atoms with van der Waals surface area (Å²) in [6.45, 7) is 5.03. The van der Waals surface area contributed by atoms with E-state index in [9.17, 15) is 5.11 Å². The van der Waals surface area contributed by atoms with Crippen LogP contribution in [0.25, 0.3) is 0 Å². The third-order valence-electron chi connectivity index (χ3n) is 7.56. The van der Waals surface area contributed by atoms with Crippen molar-refractivity contribution in [3.63, 3.8) is 0 Å². The second kappa shape index (κ2) is 4.83. The predicted molar refractivity (Wildman–Crippen MR) is 95.2 cm³/mol. The van der Waals surface area contributed by atoms with Gasteiger partial charge in [0.05, 0.1) is 6.10 Å². The summed E-state index contributed by atoms with van der Waals surface area (Å²) < 4.78 is 1.63. The minimum Gasteiger partial charge on any atom is -0.393 e. The first kappa shape index (κ1) is 14.7. The van der Waals surface area contributed by atoms with Gasteiger partial charge in [-0.3, -0.25) is 0 Å². The first-order chi connectivity index (χ1) is 9.95. The molecule has 0 aliphatic heterocycles. The normalized spacial score (nSPS) is 52.4. The van der Waals surface area contributed by atoms with Crippen molar-refractivity contribution in [3.8, 4) is 0 Å². The molecule has 0 heterocycles. The average molecular weight is 398 g/mol. The Morgan fingerprint density at radius 3 is 2.62 bits per heavy atom. The SMILES string of the molecule is C[C@]12CC[C@H](O)CC1=CC[C@@H]1[C@@H]2CC[C@]2(C)C(I)=CC[C@@H]12. The fraction of sp³-hybridized carbons (Fsp3) is 0.789. The zero-order valence-corrected chi connectivity index (χ0v) is 15.4. The van der Waals surface area contributed by atoms with Gasteiger partial charge in [0.15, 0.2) is 0 Å².